The van der Waals surface area contributed by atoms with Gasteiger partial charge in [-0.25, -0.2) is 9.78 Å². The lowest BCUT2D eigenvalue weighted by Gasteiger charge is -2.18. The van der Waals surface area contributed by atoms with E-state index in [0.29, 0.717) is 18.8 Å². The molecular weight excluding hydrogens is 304 g/mol. The Bertz CT molecular complexity index is 654. The zero-order chi connectivity index (χ0) is 17.5. The van der Waals surface area contributed by atoms with Gasteiger partial charge in [0.25, 0.3) is 0 Å². The van der Waals surface area contributed by atoms with E-state index < -0.39 is 0 Å². The fraction of sp³-hybridized carbons (Fsp3) is 0.333. The maximum atomic E-state index is 12.3. The first-order valence-corrected chi connectivity index (χ1v) is 7.87. The van der Waals surface area contributed by atoms with E-state index in [-0.39, 0.29) is 6.03 Å². The number of pyridine rings is 1. The van der Waals surface area contributed by atoms with E-state index >= 15 is 0 Å². The van der Waals surface area contributed by atoms with Gasteiger partial charge >= 0.3 is 6.03 Å². The van der Waals surface area contributed by atoms with Gasteiger partial charge in [-0.3, -0.25) is 0 Å². The first-order chi connectivity index (χ1) is 11.5. The number of rotatable bonds is 6. The Kier molecular flexibility index (Phi) is 6.01. The van der Waals surface area contributed by atoms with Crippen LogP contribution in [-0.4, -0.2) is 43.7 Å². The highest BCUT2D eigenvalue weighted by Gasteiger charge is 2.10. The molecule has 2 amide bonds. The number of ether oxygens (including phenoxy) is 1. The second-order valence-corrected chi connectivity index (χ2v) is 5.66. The fourth-order valence-corrected chi connectivity index (χ4v) is 2.15. The van der Waals surface area contributed by atoms with Crippen LogP contribution in [0, 0.1) is 0 Å². The minimum absolute atomic E-state index is 0.178. The summed E-state index contributed by atoms with van der Waals surface area (Å²) in [5.41, 5.74) is 1.71. The van der Waals surface area contributed by atoms with Gasteiger partial charge in [0.1, 0.15) is 11.6 Å². The molecule has 0 spiro atoms. The number of nitrogens with zero attached hydrogens (tertiary/aromatic N) is 3. The first-order valence-electron chi connectivity index (χ1n) is 7.87. The summed E-state index contributed by atoms with van der Waals surface area (Å²) in [6, 6.07) is 11.3. The molecular formula is C18H24N4O2. The standard InChI is InChI=1S/C18H24N4O2/c1-5-24-16-9-6-14(7-10-16)13-22(4)18(23)20-15-8-11-17(19-12-15)21(2)3/h6-12H,5,13H2,1-4H3,(H,20,23). The second-order valence-electron chi connectivity index (χ2n) is 5.66. The van der Waals surface area contributed by atoms with Gasteiger partial charge in [-0.1, -0.05) is 12.1 Å². The molecule has 0 aliphatic carbocycles. The van der Waals surface area contributed by atoms with E-state index in [2.05, 4.69) is 10.3 Å². The molecule has 2 rings (SSSR count). The van der Waals surface area contributed by atoms with Gasteiger partial charge in [-0.05, 0) is 36.8 Å². The summed E-state index contributed by atoms with van der Waals surface area (Å²) in [5.74, 6) is 1.68. The average Bonchev–Trinajstić information content (AvgIpc) is 2.57. The molecule has 1 heterocycles. The van der Waals surface area contributed by atoms with Gasteiger partial charge in [0.15, 0.2) is 0 Å². The molecule has 1 N–H and O–H groups in total. The Morgan fingerprint density at radius 1 is 1.12 bits per heavy atom. The van der Waals surface area contributed by atoms with Crippen LogP contribution in [0.4, 0.5) is 16.3 Å². The van der Waals surface area contributed by atoms with Crippen molar-refractivity contribution in [2.75, 3.05) is 38.0 Å². The molecule has 0 fully saturated rings. The van der Waals surface area contributed by atoms with Crippen molar-refractivity contribution in [1.82, 2.24) is 9.88 Å². The maximum Gasteiger partial charge on any atom is 0.321 e. The van der Waals surface area contributed by atoms with Crippen LogP contribution in [0.2, 0.25) is 0 Å². The predicted molar refractivity (Wildman–Crippen MR) is 96.7 cm³/mol. The van der Waals surface area contributed by atoms with Crippen LogP contribution in [0.15, 0.2) is 42.6 Å². The van der Waals surface area contributed by atoms with Crippen LogP contribution >= 0.6 is 0 Å². The Morgan fingerprint density at radius 3 is 2.38 bits per heavy atom. The lowest BCUT2D eigenvalue weighted by molar-refractivity contribution is 0.220. The molecule has 0 saturated heterocycles. The van der Waals surface area contributed by atoms with Crippen molar-refractivity contribution >= 4 is 17.5 Å². The van der Waals surface area contributed by atoms with E-state index in [0.717, 1.165) is 17.1 Å². The summed E-state index contributed by atoms with van der Waals surface area (Å²) < 4.78 is 5.42. The normalized spacial score (nSPS) is 10.2. The summed E-state index contributed by atoms with van der Waals surface area (Å²) in [5, 5.41) is 2.84. The van der Waals surface area contributed by atoms with Gasteiger partial charge in [-0.2, -0.15) is 0 Å². The number of amides is 2. The topological polar surface area (TPSA) is 57.7 Å². The molecule has 2 aromatic rings. The fourth-order valence-electron chi connectivity index (χ4n) is 2.15. The van der Waals surface area contributed by atoms with E-state index in [1.54, 1.807) is 18.1 Å². The van der Waals surface area contributed by atoms with Gasteiger partial charge in [0.2, 0.25) is 0 Å². The number of carbonyl (C=O) groups is 1. The molecule has 0 bridgehead atoms. The quantitative estimate of drug-likeness (QED) is 0.884. The second kappa shape index (κ2) is 8.19. The third kappa shape index (κ3) is 4.87. The summed E-state index contributed by atoms with van der Waals surface area (Å²) in [6.07, 6.45) is 1.65. The number of hydrogen-bond acceptors (Lipinski definition) is 4. The van der Waals surface area contributed by atoms with Gasteiger partial charge in [-0.15, -0.1) is 0 Å². The number of hydrogen-bond donors (Lipinski definition) is 1. The molecule has 24 heavy (non-hydrogen) atoms. The highest BCUT2D eigenvalue weighted by Crippen LogP contribution is 2.15. The van der Waals surface area contributed by atoms with Crippen LogP contribution in [-0.2, 0) is 6.54 Å². The number of carbonyl (C=O) groups excluding carboxylic acids is 1. The highest BCUT2D eigenvalue weighted by molar-refractivity contribution is 5.89. The van der Waals surface area contributed by atoms with Crippen molar-refractivity contribution in [1.29, 1.82) is 0 Å². The zero-order valence-corrected chi connectivity index (χ0v) is 14.6. The molecule has 0 atom stereocenters. The smallest absolute Gasteiger partial charge is 0.321 e. The van der Waals surface area contributed by atoms with Crippen molar-refractivity contribution in [2.24, 2.45) is 0 Å². The minimum atomic E-state index is -0.178. The highest BCUT2D eigenvalue weighted by atomic mass is 16.5. The molecule has 0 unspecified atom stereocenters. The van der Waals surface area contributed by atoms with Crippen LogP contribution in [0.1, 0.15) is 12.5 Å². The first kappa shape index (κ1) is 17.6. The predicted octanol–water partition coefficient (Wildman–Crippen LogP) is 3.21. The third-order valence-corrected chi connectivity index (χ3v) is 3.46. The van der Waals surface area contributed by atoms with Crippen molar-refractivity contribution in [3.8, 4) is 5.75 Å². The number of urea groups is 1. The minimum Gasteiger partial charge on any atom is -0.494 e. The maximum absolute atomic E-state index is 12.3. The Morgan fingerprint density at radius 2 is 1.83 bits per heavy atom. The van der Waals surface area contributed by atoms with Crippen molar-refractivity contribution in [3.63, 3.8) is 0 Å². The van der Waals surface area contributed by atoms with Crippen molar-refractivity contribution < 1.29 is 9.53 Å². The molecule has 1 aromatic heterocycles. The molecule has 1 aromatic carbocycles. The van der Waals surface area contributed by atoms with E-state index in [4.69, 9.17) is 4.74 Å². The van der Waals surface area contributed by atoms with E-state index in [1.807, 2.05) is 62.3 Å². The summed E-state index contributed by atoms with van der Waals surface area (Å²) >= 11 is 0. The Hall–Kier alpha value is -2.76. The number of aromatic nitrogens is 1. The van der Waals surface area contributed by atoms with Crippen molar-refractivity contribution in [2.45, 2.75) is 13.5 Å². The zero-order valence-electron chi connectivity index (χ0n) is 14.6. The van der Waals surface area contributed by atoms with E-state index in [1.165, 1.54) is 0 Å². The SMILES string of the molecule is CCOc1ccc(CN(C)C(=O)Nc2ccc(N(C)C)nc2)cc1. The largest absolute Gasteiger partial charge is 0.494 e. The summed E-state index contributed by atoms with van der Waals surface area (Å²) in [7, 11) is 5.60. The Labute approximate surface area is 143 Å². The summed E-state index contributed by atoms with van der Waals surface area (Å²) in [6.45, 7) is 3.11. The molecule has 6 heteroatoms. The van der Waals surface area contributed by atoms with Crippen LogP contribution in [0.5, 0.6) is 5.75 Å². The number of nitrogens with one attached hydrogen (secondary N) is 1. The van der Waals surface area contributed by atoms with Gasteiger partial charge < -0.3 is 19.9 Å². The summed E-state index contributed by atoms with van der Waals surface area (Å²) in [4.78, 5) is 20.1. The number of anilines is 2. The van der Waals surface area contributed by atoms with Gasteiger partial charge in [0, 0.05) is 27.7 Å². The lowest BCUT2D eigenvalue weighted by Crippen LogP contribution is -2.30. The van der Waals surface area contributed by atoms with Crippen LogP contribution < -0.4 is 15.0 Å². The molecule has 0 aliphatic heterocycles. The van der Waals surface area contributed by atoms with Crippen LogP contribution in [0.25, 0.3) is 0 Å². The molecule has 0 saturated carbocycles. The molecule has 0 radical (unpaired) electrons. The lowest BCUT2D eigenvalue weighted by atomic mass is 10.2. The van der Waals surface area contributed by atoms with Crippen molar-refractivity contribution in [3.05, 3.63) is 48.2 Å². The van der Waals surface area contributed by atoms with Crippen LogP contribution in [0.3, 0.4) is 0 Å². The molecule has 6 nitrogen and oxygen atoms in total. The molecule has 128 valence electrons. The van der Waals surface area contributed by atoms with Gasteiger partial charge in [0.05, 0.1) is 18.5 Å². The monoisotopic (exact) mass is 328 g/mol. The van der Waals surface area contributed by atoms with E-state index in [9.17, 15) is 4.79 Å². The molecule has 0 aliphatic rings. The number of benzene rings is 1. The Balaban J connectivity index is 1.91. The third-order valence-electron chi connectivity index (χ3n) is 3.46. The average molecular weight is 328 g/mol.